The number of hydrogen-bond acceptors (Lipinski definition) is 0. The molecule has 0 amide bonds. The van der Waals surface area contributed by atoms with Gasteiger partial charge in [0.15, 0.2) is 0 Å². The Morgan fingerprint density at radius 1 is 1.50 bits per heavy atom. The fourth-order valence-corrected chi connectivity index (χ4v) is 0.429. The lowest BCUT2D eigenvalue weighted by atomic mass is 10.2. The summed E-state index contributed by atoms with van der Waals surface area (Å²) < 4.78 is 0. The van der Waals surface area contributed by atoms with Crippen molar-refractivity contribution < 1.29 is 0 Å². The lowest BCUT2D eigenvalue weighted by Gasteiger charge is -1.89. The molecule has 0 heterocycles. The average molecular weight is 109 g/mol. The fourth-order valence-electron chi connectivity index (χ4n) is 0.429. The molecule has 0 unspecified atom stereocenters. The van der Waals surface area contributed by atoms with Gasteiger partial charge in [0.2, 0.25) is 0 Å². The molecule has 0 saturated carbocycles. The summed E-state index contributed by atoms with van der Waals surface area (Å²) >= 11 is 0. The molecule has 0 aromatic rings. The Labute approximate surface area is 51.9 Å². The molecule has 0 atom stereocenters. The second-order valence-corrected chi connectivity index (χ2v) is 2.14. The van der Waals surface area contributed by atoms with E-state index in [4.69, 9.17) is 6.58 Å². The molecule has 0 rings (SSSR count). The summed E-state index contributed by atoms with van der Waals surface area (Å²) in [6.07, 6.45) is 6.76. The first-order chi connectivity index (χ1) is 3.77. The molecule has 0 aromatic carbocycles. The fraction of sp³-hybridized carbons (Fsp3) is 0.500. The van der Waals surface area contributed by atoms with E-state index in [9.17, 15) is 0 Å². The Morgan fingerprint density at radius 3 is 2.50 bits per heavy atom. The highest BCUT2D eigenvalue weighted by atomic mass is 13.9. The Bertz CT molecular complexity index is 78.0. The van der Waals surface area contributed by atoms with E-state index in [-0.39, 0.29) is 0 Å². The van der Waals surface area contributed by atoms with Crippen LogP contribution in [0.15, 0.2) is 18.2 Å². The summed E-state index contributed by atoms with van der Waals surface area (Å²) in [4.78, 5) is 0. The molecule has 0 heteroatoms. The lowest BCUT2D eigenvalue weighted by Crippen LogP contribution is -1.75. The maximum atomic E-state index is 5.14. The maximum Gasteiger partial charge on any atom is -0.0166 e. The quantitative estimate of drug-likeness (QED) is 0.489. The largest absolute Gasteiger partial charge is 0.0857 e. The molecule has 8 heavy (non-hydrogen) atoms. The van der Waals surface area contributed by atoms with E-state index >= 15 is 0 Å². The highest BCUT2D eigenvalue weighted by molar-refractivity contribution is 4.88. The summed E-state index contributed by atoms with van der Waals surface area (Å²) in [5, 5.41) is 0. The monoisotopic (exact) mass is 109 g/mol. The smallest absolute Gasteiger partial charge is 0.0166 e. The van der Waals surface area contributed by atoms with Gasteiger partial charge >= 0.3 is 0 Å². The van der Waals surface area contributed by atoms with E-state index in [2.05, 4.69) is 26.0 Å². The molecule has 1 radical (unpaired) electrons. The predicted octanol–water partition coefficient (Wildman–Crippen LogP) is 2.58. The zero-order valence-electron chi connectivity index (χ0n) is 5.59. The van der Waals surface area contributed by atoms with Crippen LogP contribution in [0.25, 0.3) is 0 Å². The van der Waals surface area contributed by atoms with Gasteiger partial charge in [0.05, 0.1) is 0 Å². The molecule has 45 valence electrons. The molecule has 0 fully saturated rings. The van der Waals surface area contributed by atoms with E-state index in [0.29, 0.717) is 5.92 Å². The Hall–Kier alpha value is -0.520. The number of rotatable bonds is 3. The van der Waals surface area contributed by atoms with Crippen molar-refractivity contribution in [3.05, 3.63) is 24.8 Å². The first-order valence-corrected chi connectivity index (χ1v) is 2.97. The third kappa shape index (κ3) is 5.48. The van der Waals surface area contributed by atoms with E-state index in [0.717, 1.165) is 6.42 Å². The molecule has 0 bridgehead atoms. The highest BCUT2D eigenvalue weighted by Crippen LogP contribution is 1.94. The van der Waals surface area contributed by atoms with Crippen molar-refractivity contribution >= 4 is 0 Å². The van der Waals surface area contributed by atoms with Crippen LogP contribution in [0, 0.1) is 12.5 Å². The summed E-state index contributed by atoms with van der Waals surface area (Å²) in [5.74, 6) is 0.648. The van der Waals surface area contributed by atoms with Gasteiger partial charge < -0.3 is 0 Å². The SMILES string of the molecule is [CH]=CCC=CC(C)C. The van der Waals surface area contributed by atoms with E-state index in [1.54, 1.807) is 6.08 Å². The zero-order chi connectivity index (χ0) is 6.41. The van der Waals surface area contributed by atoms with E-state index in [1.807, 2.05) is 0 Å². The minimum atomic E-state index is 0.648. The van der Waals surface area contributed by atoms with Crippen LogP contribution in [0.4, 0.5) is 0 Å². The van der Waals surface area contributed by atoms with Gasteiger partial charge in [0.1, 0.15) is 0 Å². The number of allylic oxidation sites excluding steroid dienone is 3. The van der Waals surface area contributed by atoms with Crippen LogP contribution in [0.1, 0.15) is 20.3 Å². The molecular weight excluding hydrogens is 96.1 g/mol. The second kappa shape index (κ2) is 4.63. The van der Waals surface area contributed by atoms with Crippen LogP contribution >= 0.6 is 0 Å². The highest BCUT2D eigenvalue weighted by Gasteiger charge is 1.79. The van der Waals surface area contributed by atoms with Gasteiger partial charge in [0.25, 0.3) is 0 Å². The standard InChI is InChI=1S/C8H13/c1-4-5-6-7-8(2)3/h1,4,6-8H,5H2,2-3H3. The molecule has 0 aliphatic carbocycles. The van der Waals surface area contributed by atoms with Crippen molar-refractivity contribution in [2.75, 3.05) is 0 Å². The lowest BCUT2D eigenvalue weighted by molar-refractivity contribution is 0.828. The normalized spacial score (nSPS) is 10.9. The van der Waals surface area contributed by atoms with Gasteiger partial charge in [-0.3, -0.25) is 0 Å². The molecule has 0 nitrogen and oxygen atoms in total. The Balaban J connectivity index is 3.19. The molecule has 0 N–H and O–H groups in total. The molecule has 0 aliphatic heterocycles. The van der Waals surface area contributed by atoms with Gasteiger partial charge in [-0.2, -0.15) is 0 Å². The van der Waals surface area contributed by atoms with Gasteiger partial charge in [-0.15, -0.1) is 0 Å². The van der Waals surface area contributed by atoms with Crippen LogP contribution in [0.5, 0.6) is 0 Å². The first-order valence-electron chi connectivity index (χ1n) is 2.97. The second-order valence-electron chi connectivity index (χ2n) is 2.14. The topological polar surface area (TPSA) is 0 Å². The number of hydrogen-bond donors (Lipinski definition) is 0. The third-order valence-corrected chi connectivity index (χ3v) is 0.793. The van der Waals surface area contributed by atoms with Crippen LogP contribution in [0.3, 0.4) is 0 Å². The van der Waals surface area contributed by atoms with Crippen molar-refractivity contribution in [2.24, 2.45) is 5.92 Å². The third-order valence-electron chi connectivity index (χ3n) is 0.793. The first kappa shape index (κ1) is 7.48. The van der Waals surface area contributed by atoms with Gasteiger partial charge in [-0.05, 0) is 12.3 Å². The van der Waals surface area contributed by atoms with Crippen molar-refractivity contribution in [3.8, 4) is 0 Å². The van der Waals surface area contributed by atoms with Gasteiger partial charge in [0, 0.05) is 0 Å². The van der Waals surface area contributed by atoms with Crippen molar-refractivity contribution in [3.63, 3.8) is 0 Å². The summed E-state index contributed by atoms with van der Waals surface area (Å²) in [7, 11) is 0. The predicted molar refractivity (Wildman–Crippen MR) is 37.5 cm³/mol. The Kier molecular flexibility index (Phi) is 4.33. The minimum Gasteiger partial charge on any atom is -0.0857 e. The van der Waals surface area contributed by atoms with Crippen molar-refractivity contribution in [1.29, 1.82) is 0 Å². The average Bonchev–Trinajstić information content (AvgIpc) is 1.66. The molecule has 0 aromatic heterocycles. The molecular formula is C8H13. The van der Waals surface area contributed by atoms with E-state index < -0.39 is 0 Å². The minimum absolute atomic E-state index is 0.648. The van der Waals surface area contributed by atoms with Crippen molar-refractivity contribution in [2.45, 2.75) is 20.3 Å². The van der Waals surface area contributed by atoms with Gasteiger partial charge in [-0.1, -0.05) is 38.7 Å². The van der Waals surface area contributed by atoms with Crippen LogP contribution in [-0.2, 0) is 0 Å². The molecule has 0 aliphatic rings. The summed E-state index contributed by atoms with van der Waals surface area (Å²) in [6.45, 7) is 9.43. The van der Waals surface area contributed by atoms with Crippen molar-refractivity contribution in [1.82, 2.24) is 0 Å². The van der Waals surface area contributed by atoms with Crippen LogP contribution in [-0.4, -0.2) is 0 Å². The van der Waals surface area contributed by atoms with Gasteiger partial charge in [-0.25, -0.2) is 0 Å². The van der Waals surface area contributed by atoms with Crippen LogP contribution < -0.4 is 0 Å². The Morgan fingerprint density at radius 2 is 2.12 bits per heavy atom. The summed E-state index contributed by atoms with van der Waals surface area (Å²) in [6, 6.07) is 0. The summed E-state index contributed by atoms with van der Waals surface area (Å²) in [5.41, 5.74) is 0. The maximum absolute atomic E-state index is 5.14. The van der Waals surface area contributed by atoms with Crippen LogP contribution in [0.2, 0.25) is 0 Å². The molecule has 0 saturated heterocycles. The van der Waals surface area contributed by atoms with E-state index in [1.165, 1.54) is 0 Å². The molecule has 0 spiro atoms. The zero-order valence-corrected chi connectivity index (χ0v) is 5.59.